The van der Waals surface area contributed by atoms with Crippen molar-refractivity contribution in [3.05, 3.63) is 65.9 Å². The summed E-state index contributed by atoms with van der Waals surface area (Å²) in [5, 5.41) is 2.89. The molecule has 1 aliphatic heterocycles. The quantitative estimate of drug-likeness (QED) is 0.683. The molecule has 0 spiro atoms. The molecule has 0 amide bonds. The van der Waals surface area contributed by atoms with Crippen LogP contribution < -0.4 is 16.0 Å². The van der Waals surface area contributed by atoms with Crippen LogP contribution in [0.25, 0.3) is 0 Å². The summed E-state index contributed by atoms with van der Waals surface area (Å²) in [4.78, 5) is 2.37. The second-order valence-electron chi connectivity index (χ2n) is 6.76. The number of nitrogens with zero attached hydrogens (tertiary/aromatic N) is 1. The summed E-state index contributed by atoms with van der Waals surface area (Å²) in [6.45, 7) is 2.13. The fraction of sp³-hybridized carbons (Fsp3) is 0.333. The van der Waals surface area contributed by atoms with E-state index in [1.165, 1.54) is 31.0 Å². The molecule has 27 heavy (non-hydrogen) atoms. The molecule has 1 heterocycles. The average molecular weight is 375 g/mol. The Labute approximate surface area is 157 Å². The average Bonchev–Trinajstić information content (AvgIpc) is 2.67. The molecule has 3 nitrogen and oxygen atoms in total. The zero-order chi connectivity index (χ0) is 19.3. The Morgan fingerprint density at radius 2 is 1.81 bits per heavy atom. The highest BCUT2D eigenvalue weighted by Gasteiger charge is 2.30. The van der Waals surface area contributed by atoms with Gasteiger partial charge in [-0.15, -0.1) is 0 Å². The van der Waals surface area contributed by atoms with Gasteiger partial charge in [0.15, 0.2) is 0 Å². The summed E-state index contributed by atoms with van der Waals surface area (Å²) in [5.74, 6) is 0. The molecule has 0 aromatic heterocycles. The highest BCUT2D eigenvalue weighted by atomic mass is 19.4. The number of alkyl halides is 3. The van der Waals surface area contributed by atoms with Crippen molar-refractivity contribution < 1.29 is 13.2 Å². The van der Waals surface area contributed by atoms with Gasteiger partial charge in [-0.1, -0.05) is 12.1 Å². The first kappa shape index (κ1) is 19.1. The third-order valence-corrected chi connectivity index (χ3v) is 4.74. The monoisotopic (exact) mass is 375 g/mol. The van der Waals surface area contributed by atoms with Gasteiger partial charge in [-0.05, 0) is 73.8 Å². The van der Waals surface area contributed by atoms with Gasteiger partial charge in [-0.3, -0.25) is 0 Å². The van der Waals surface area contributed by atoms with E-state index in [1.807, 2.05) is 12.1 Å². The van der Waals surface area contributed by atoms with Crippen molar-refractivity contribution in [2.75, 3.05) is 29.0 Å². The van der Waals surface area contributed by atoms with Gasteiger partial charge in [0.2, 0.25) is 0 Å². The molecule has 144 valence electrons. The van der Waals surface area contributed by atoms with E-state index in [4.69, 9.17) is 5.73 Å². The number of nitrogens with one attached hydrogen (secondary N) is 1. The Kier molecular flexibility index (Phi) is 5.94. The number of hydrogen-bond donors (Lipinski definition) is 2. The van der Waals surface area contributed by atoms with Crippen LogP contribution >= 0.6 is 0 Å². The molecule has 0 aliphatic carbocycles. The van der Waals surface area contributed by atoms with Gasteiger partial charge in [0, 0.05) is 30.2 Å². The van der Waals surface area contributed by atoms with Crippen molar-refractivity contribution in [2.24, 2.45) is 0 Å². The van der Waals surface area contributed by atoms with E-state index >= 15 is 0 Å². The maximum Gasteiger partial charge on any atom is 0.416 e. The fourth-order valence-corrected chi connectivity index (χ4v) is 3.24. The zero-order valence-corrected chi connectivity index (χ0v) is 15.1. The van der Waals surface area contributed by atoms with Crippen LogP contribution in [-0.2, 0) is 12.6 Å². The molecule has 1 saturated heterocycles. The predicted octanol–water partition coefficient (Wildman–Crippen LogP) is 5.45. The van der Waals surface area contributed by atoms with E-state index in [-0.39, 0.29) is 0 Å². The van der Waals surface area contributed by atoms with E-state index in [0.29, 0.717) is 12.1 Å². The predicted molar refractivity (Wildman–Crippen MR) is 105 cm³/mol. The molecule has 0 bridgehead atoms. The third-order valence-electron chi connectivity index (χ3n) is 4.74. The Hall–Kier alpha value is -2.63. The minimum Gasteiger partial charge on any atom is -0.398 e. The maximum absolute atomic E-state index is 12.7. The fourth-order valence-electron chi connectivity index (χ4n) is 3.24. The van der Waals surface area contributed by atoms with Crippen LogP contribution in [0.1, 0.15) is 30.4 Å². The van der Waals surface area contributed by atoms with Crippen molar-refractivity contribution in [3.63, 3.8) is 0 Å². The first-order valence-corrected chi connectivity index (χ1v) is 9.15. The highest BCUT2D eigenvalue weighted by molar-refractivity contribution is 5.59. The molecular weight excluding hydrogens is 351 g/mol. The van der Waals surface area contributed by atoms with Crippen molar-refractivity contribution in [2.45, 2.75) is 31.9 Å². The summed E-state index contributed by atoms with van der Waals surface area (Å²) >= 11 is 0. The molecule has 1 fully saturated rings. The van der Waals surface area contributed by atoms with Gasteiger partial charge in [0.25, 0.3) is 0 Å². The molecular formula is C21H24F3N3. The summed E-state index contributed by atoms with van der Waals surface area (Å²) in [6, 6.07) is 11.2. The number of halogens is 3. The maximum atomic E-state index is 12.7. The first-order valence-electron chi connectivity index (χ1n) is 9.15. The zero-order valence-electron chi connectivity index (χ0n) is 15.1. The molecule has 2 aromatic carbocycles. The number of anilines is 3. The molecule has 0 saturated carbocycles. The summed E-state index contributed by atoms with van der Waals surface area (Å²) < 4.78 is 38.2. The van der Waals surface area contributed by atoms with Gasteiger partial charge >= 0.3 is 6.18 Å². The molecule has 1 aliphatic rings. The summed E-state index contributed by atoms with van der Waals surface area (Å²) in [5.41, 5.74) is 8.73. The Bertz CT molecular complexity index is 793. The molecule has 3 N–H and O–H groups in total. The number of nitrogens with two attached hydrogens (primary N) is 1. The van der Waals surface area contributed by atoms with Crippen molar-refractivity contribution in [1.29, 1.82) is 0 Å². The van der Waals surface area contributed by atoms with E-state index in [1.54, 1.807) is 12.3 Å². The van der Waals surface area contributed by atoms with Crippen molar-refractivity contribution in [3.8, 4) is 0 Å². The molecule has 0 unspecified atom stereocenters. The molecule has 2 aromatic rings. The first-order chi connectivity index (χ1) is 12.9. The summed E-state index contributed by atoms with van der Waals surface area (Å²) in [7, 11) is 0. The number of rotatable bonds is 5. The van der Waals surface area contributed by atoms with Gasteiger partial charge in [0.1, 0.15) is 0 Å². The lowest BCUT2D eigenvalue weighted by atomic mass is 10.1. The van der Waals surface area contributed by atoms with Gasteiger partial charge in [-0.25, -0.2) is 0 Å². The van der Waals surface area contributed by atoms with Crippen molar-refractivity contribution >= 4 is 17.1 Å². The number of hydrogen-bond acceptors (Lipinski definition) is 3. The number of piperidine rings is 1. The SMILES string of the molecule is Nc1ccc(N2CCCCC2)cc1C/C=C\Nc1cccc(C(F)(F)F)c1. The van der Waals surface area contributed by atoms with E-state index in [2.05, 4.69) is 22.3 Å². The number of nitrogen functional groups attached to an aromatic ring is 1. The minimum atomic E-state index is -4.34. The van der Waals surface area contributed by atoms with Crippen LogP contribution in [-0.4, -0.2) is 13.1 Å². The molecule has 3 rings (SSSR count). The highest BCUT2D eigenvalue weighted by Crippen LogP contribution is 2.30. The topological polar surface area (TPSA) is 41.3 Å². The third kappa shape index (κ3) is 5.18. The Balaban J connectivity index is 1.62. The van der Waals surface area contributed by atoms with E-state index in [0.717, 1.165) is 36.5 Å². The largest absolute Gasteiger partial charge is 0.416 e. The summed E-state index contributed by atoms with van der Waals surface area (Å²) in [6.07, 6.45) is 3.49. The lowest BCUT2D eigenvalue weighted by Crippen LogP contribution is -2.29. The minimum absolute atomic E-state index is 0.399. The number of benzene rings is 2. The Morgan fingerprint density at radius 3 is 2.56 bits per heavy atom. The Morgan fingerprint density at radius 1 is 1.04 bits per heavy atom. The van der Waals surface area contributed by atoms with E-state index < -0.39 is 11.7 Å². The lowest BCUT2D eigenvalue weighted by molar-refractivity contribution is -0.137. The van der Waals surface area contributed by atoms with Crippen molar-refractivity contribution in [1.82, 2.24) is 0 Å². The van der Waals surface area contributed by atoms with Gasteiger partial charge in [-0.2, -0.15) is 13.2 Å². The van der Waals surface area contributed by atoms with Gasteiger partial charge in [0.05, 0.1) is 5.56 Å². The van der Waals surface area contributed by atoms with Crippen LogP contribution in [0.4, 0.5) is 30.2 Å². The second kappa shape index (κ2) is 8.37. The van der Waals surface area contributed by atoms with Crippen LogP contribution in [0.3, 0.4) is 0 Å². The number of allylic oxidation sites excluding steroid dienone is 1. The molecule has 6 heteroatoms. The smallest absolute Gasteiger partial charge is 0.398 e. The van der Waals surface area contributed by atoms with Crippen LogP contribution in [0.15, 0.2) is 54.7 Å². The molecule has 0 atom stereocenters. The van der Waals surface area contributed by atoms with Crippen LogP contribution in [0.5, 0.6) is 0 Å². The standard InChI is InChI=1S/C21H24F3N3/c22-21(23,24)17-7-4-8-18(15-17)26-11-5-6-16-14-19(9-10-20(16)25)27-12-2-1-3-13-27/h4-5,7-11,14-15,26H,1-3,6,12-13,25H2/b11-5-. The molecule has 0 radical (unpaired) electrons. The van der Waals surface area contributed by atoms with Gasteiger partial charge < -0.3 is 16.0 Å². The normalized spacial score (nSPS) is 15.3. The second-order valence-corrected chi connectivity index (χ2v) is 6.76. The van der Waals surface area contributed by atoms with Crippen LogP contribution in [0.2, 0.25) is 0 Å². The lowest BCUT2D eigenvalue weighted by Gasteiger charge is -2.29. The van der Waals surface area contributed by atoms with E-state index in [9.17, 15) is 13.2 Å². The van der Waals surface area contributed by atoms with Crippen LogP contribution in [0, 0.1) is 0 Å².